The van der Waals surface area contributed by atoms with Crippen molar-refractivity contribution >= 4 is 30.1 Å². The SMILES string of the molecule is CC.CC=CCP(C)c1ccccc1-c1nc2c(c3ccccc13)C=CCC2. The normalized spacial score (nSPS) is 13.9. The second-order valence-corrected chi connectivity index (χ2v) is 9.02. The number of fused-ring (bicyclic) bond motifs is 3. The van der Waals surface area contributed by atoms with Crippen molar-refractivity contribution in [3.8, 4) is 11.3 Å². The minimum Gasteiger partial charge on any atom is -0.252 e. The molecule has 1 atom stereocenters. The van der Waals surface area contributed by atoms with Gasteiger partial charge in [-0.1, -0.05) is 94.6 Å². The summed E-state index contributed by atoms with van der Waals surface area (Å²) in [5.74, 6) is 0. The van der Waals surface area contributed by atoms with E-state index >= 15 is 0 Å². The van der Waals surface area contributed by atoms with Gasteiger partial charge in [-0.05, 0) is 43.3 Å². The Morgan fingerprint density at radius 2 is 1.71 bits per heavy atom. The molecule has 1 aromatic heterocycles. The average Bonchev–Trinajstić information content (AvgIpc) is 2.78. The number of pyridine rings is 1. The van der Waals surface area contributed by atoms with Crippen LogP contribution >= 0.6 is 7.92 Å². The number of aromatic nitrogens is 1. The van der Waals surface area contributed by atoms with E-state index in [2.05, 4.69) is 86.4 Å². The van der Waals surface area contributed by atoms with Crippen molar-refractivity contribution < 1.29 is 0 Å². The fourth-order valence-corrected chi connectivity index (χ4v) is 5.36. The lowest BCUT2D eigenvalue weighted by Crippen LogP contribution is -2.09. The summed E-state index contributed by atoms with van der Waals surface area (Å²) in [6.45, 7) is 8.47. The monoisotopic (exact) mass is 387 g/mol. The van der Waals surface area contributed by atoms with Gasteiger partial charge in [-0.2, -0.15) is 0 Å². The Labute approximate surface area is 171 Å². The second kappa shape index (κ2) is 9.80. The quantitative estimate of drug-likeness (QED) is 0.341. The van der Waals surface area contributed by atoms with Crippen molar-refractivity contribution in [2.75, 3.05) is 12.8 Å². The summed E-state index contributed by atoms with van der Waals surface area (Å²) in [6, 6.07) is 17.6. The van der Waals surface area contributed by atoms with E-state index in [1.165, 1.54) is 32.9 Å². The molecule has 2 aromatic carbocycles. The first kappa shape index (κ1) is 20.5. The van der Waals surface area contributed by atoms with E-state index in [4.69, 9.17) is 4.98 Å². The van der Waals surface area contributed by atoms with Crippen molar-refractivity contribution in [2.24, 2.45) is 0 Å². The molecule has 2 heteroatoms. The van der Waals surface area contributed by atoms with Gasteiger partial charge in [-0.3, -0.25) is 4.98 Å². The third-order valence-corrected chi connectivity index (χ3v) is 7.02. The van der Waals surface area contributed by atoms with Gasteiger partial charge in [0.1, 0.15) is 0 Å². The molecule has 0 saturated carbocycles. The summed E-state index contributed by atoms with van der Waals surface area (Å²) in [5.41, 5.74) is 5.00. The highest BCUT2D eigenvalue weighted by molar-refractivity contribution is 7.65. The van der Waals surface area contributed by atoms with Gasteiger partial charge in [0.25, 0.3) is 0 Å². The average molecular weight is 388 g/mol. The lowest BCUT2D eigenvalue weighted by Gasteiger charge is -2.20. The molecule has 1 aliphatic rings. The number of benzene rings is 2. The molecule has 0 bridgehead atoms. The van der Waals surface area contributed by atoms with Crippen LogP contribution in [0.15, 0.2) is 66.8 Å². The molecule has 0 N–H and O–H groups in total. The maximum absolute atomic E-state index is 5.18. The topological polar surface area (TPSA) is 12.9 Å². The predicted molar refractivity (Wildman–Crippen MR) is 128 cm³/mol. The van der Waals surface area contributed by atoms with Crippen LogP contribution in [0.1, 0.15) is 38.4 Å². The Morgan fingerprint density at radius 1 is 1.00 bits per heavy atom. The maximum Gasteiger partial charge on any atom is 0.0790 e. The highest BCUT2D eigenvalue weighted by atomic mass is 31.1. The van der Waals surface area contributed by atoms with Crippen LogP contribution in [0.3, 0.4) is 0 Å². The fraction of sp³-hybridized carbons (Fsp3) is 0.269. The third kappa shape index (κ3) is 4.10. The molecule has 3 aromatic rings. The van der Waals surface area contributed by atoms with Gasteiger partial charge in [0.2, 0.25) is 0 Å². The number of hydrogen-bond donors (Lipinski definition) is 0. The van der Waals surface area contributed by atoms with Gasteiger partial charge in [0, 0.05) is 22.2 Å². The van der Waals surface area contributed by atoms with Gasteiger partial charge >= 0.3 is 0 Å². The Balaban J connectivity index is 0.00000109. The van der Waals surface area contributed by atoms with Crippen LogP contribution in [0.25, 0.3) is 28.1 Å². The van der Waals surface area contributed by atoms with Gasteiger partial charge in [0.05, 0.1) is 5.69 Å². The molecule has 1 nitrogen and oxygen atoms in total. The Bertz CT molecular complexity index is 1000. The largest absolute Gasteiger partial charge is 0.252 e. The van der Waals surface area contributed by atoms with Crippen molar-refractivity contribution in [3.05, 3.63) is 78.0 Å². The summed E-state index contributed by atoms with van der Waals surface area (Å²) in [7, 11) is -0.233. The maximum atomic E-state index is 5.18. The summed E-state index contributed by atoms with van der Waals surface area (Å²) in [5, 5.41) is 4.04. The molecule has 28 heavy (non-hydrogen) atoms. The van der Waals surface area contributed by atoms with Crippen LogP contribution in [0.2, 0.25) is 0 Å². The summed E-state index contributed by atoms with van der Waals surface area (Å²) in [4.78, 5) is 5.18. The zero-order valence-corrected chi connectivity index (χ0v) is 18.3. The second-order valence-electron chi connectivity index (χ2n) is 6.77. The molecule has 0 fully saturated rings. The number of nitrogens with zero attached hydrogens (tertiary/aromatic N) is 1. The van der Waals surface area contributed by atoms with E-state index in [9.17, 15) is 0 Å². The van der Waals surface area contributed by atoms with Crippen molar-refractivity contribution in [1.29, 1.82) is 0 Å². The van der Waals surface area contributed by atoms with Crippen molar-refractivity contribution in [3.63, 3.8) is 0 Å². The van der Waals surface area contributed by atoms with Gasteiger partial charge in [-0.25, -0.2) is 0 Å². The first-order valence-corrected chi connectivity index (χ1v) is 12.3. The van der Waals surface area contributed by atoms with Crippen molar-refractivity contribution in [2.45, 2.75) is 33.6 Å². The van der Waals surface area contributed by atoms with Gasteiger partial charge in [0.15, 0.2) is 0 Å². The Kier molecular flexibility index (Phi) is 7.18. The van der Waals surface area contributed by atoms with Crippen LogP contribution in [-0.2, 0) is 6.42 Å². The molecular weight excluding hydrogens is 357 g/mol. The molecular formula is C26H30NP. The summed E-state index contributed by atoms with van der Waals surface area (Å²) >= 11 is 0. The van der Waals surface area contributed by atoms with E-state index in [0.29, 0.717) is 0 Å². The molecule has 1 unspecified atom stereocenters. The number of allylic oxidation sites excluding steroid dienone is 3. The van der Waals surface area contributed by atoms with Gasteiger partial charge in [-0.15, -0.1) is 0 Å². The Hall–Kier alpha value is -2.24. The minimum absolute atomic E-state index is 0.233. The molecule has 0 aliphatic heterocycles. The zero-order chi connectivity index (χ0) is 19.9. The lowest BCUT2D eigenvalue weighted by atomic mass is 9.94. The number of aryl methyl sites for hydroxylation is 1. The molecule has 0 amide bonds. The molecule has 0 spiro atoms. The van der Waals surface area contributed by atoms with Crippen molar-refractivity contribution in [1.82, 2.24) is 4.98 Å². The highest BCUT2D eigenvalue weighted by Crippen LogP contribution is 2.38. The van der Waals surface area contributed by atoms with E-state index < -0.39 is 0 Å². The number of hydrogen-bond acceptors (Lipinski definition) is 1. The molecule has 144 valence electrons. The predicted octanol–water partition coefficient (Wildman–Crippen LogP) is 7.20. The van der Waals surface area contributed by atoms with Crippen LogP contribution in [0, 0.1) is 0 Å². The summed E-state index contributed by atoms with van der Waals surface area (Å²) < 4.78 is 0. The van der Waals surface area contributed by atoms with Crippen LogP contribution < -0.4 is 5.30 Å². The van der Waals surface area contributed by atoms with Crippen LogP contribution in [-0.4, -0.2) is 17.8 Å². The lowest BCUT2D eigenvalue weighted by molar-refractivity contribution is 0.936. The standard InChI is InChI=1S/C24H24NP.C2H6/c1-3-4-17-26(2)23-16-10-8-14-21(23)24-20-13-6-5-11-18(20)19-12-7-9-15-22(19)25-24;1-2/h3-8,10-14,16H,9,15,17H2,1-2H3;1-2H3. The van der Waals surface area contributed by atoms with E-state index in [1.54, 1.807) is 0 Å². The number of rotatable bonds is 4. The summed E-state index contributed by atoms with van der Waals surface area (Å²) in [6.07, 6.45) is 12.2. The molecule has 0 saturated heterocycles. The first-order valence-electron chi connectivity index (χ1n) is 10.3. The molecule has 1 heterocycles. The smallest absolute Gasteiger partial charge is 0.0790 e. The van der Waals surface area contributed by atoms with Gasteiger partial charge < -0.3 is 0 Å². The fourth-order valence-electron chi connectivity index (χ4n) is 3.71. The highest BCUT2D eigenvalue weighted by Gasteiger charge is 2.18. The van der Waals surface area contributed by atoms with Crippen LogP contribution in [0.4, 0.5) is 0 Å². The zero-order valence-electron chi connectivity index (χ0n) is 17.4. The minimum atomic E-state index is -0.233. The van der Waals surface area contributed by atoms with Crippen LogP contribution in [0.5, 0.6) is 0 Å². The molecule has 0 radical (unpaired) electrons. The van der Waals surface area contributed by atoms with E-state index in [-0.39, 0.29) is 7.92 Å². The van der Waals surface area contributed by atoms with E-state index in [0.717, 1.165) is 24.7 Å². The third-order valence-electron chi connectivity index (χ3n) is 5.05. The molecule has 4 rings (SSSR count). The molecule has 1 aliphatic carbocycles. The van der Waals surface area contributed by atoms with E-state index in [1.807, 2.05) is 13.8 Å². The Morgan fingerprint density at radius 3 is 2.50 bits per heavy atom. The first-order chi connectivity index (χ1) is 13.8.